The normalized spacial score (nSPS) is 17.8. The lowest BCUT2D eigenvalue weighted by molar-refractivity contribution is -0.127. The van der Waals surface area contributed by atoms with Gasteiger partial charge in [-0.15, -0.1) is 0 Å². The number of sulfonamides is 1. The number of esters is 1. The second-order valence-electron chi connectivity index (χ2n) is 7.26. The first-order valence-electron chi connectivity index (χ1n) is 9.73. The van der Waals surface area contributed by atoms with E-state index in [1.807, 2.05) is 0 Å². The van der Waals surface area contributed by atoms with Gasteiger partial charge in [0.1, 0.15) is 10.6 Å². The molecule has 3 amide bonds. The number of imide groups is 1. The molecule has 11 heteroatoms. The Morgan fingerprint density at radius 3 is 2.43 bits per heavy atom. The number of ether oxygens (including phenoxy) is 2. The van der Waals surface area contributed by atoms with Crippen LogP contribution >= 0.6 is 0 Å². The number of methoxy groups -OCH3 is 1. The summed E-state index contributed by atoms with van der Waals surface area (Å²) in [7, 11) is -2.49. The average molecular weight is 439 g/mol. The Labute approximate surface area is 174 Å². The maximum atomic E-state index is 12.9. The highest BCUT2D eigenvalue weighted by atomic mass is 32.2. The number of carbonyl (C=O) groups excluding carboxylic acids is 3. The fraction of sp³-hybridized carbons (Fsp3) is 0.526. The van der Waals surface area contributed by atoms with Gasteiger partial charge in [0.15, 0.2) is 6.10 Å². The molecule has 1 aromatic rings. The molecule has 3 rings (SSSR count). The van der Waals surface area contributed by atoms with E-state index in [2.05, 4.69) is 10.6 Å². The third kappa shape index (κ3) is 5.08. The van der Waals surface area contributed by atoms with E-state index in [1.165, 1.54) is 36.5 Å². The van der Waals surface area contributed by atoms with Crippen molar-refractivity contribution in [2.45, 2.75) is 49.6 Å². The number of carbonyl (C=O) groups is 3. The minimum Gasteiger partial charge on any atom is -0.495 e. The van der Waals surface area contributed by atoms with Gasteiger partial charge in [-0.25, -0.2) is 18.0 Å². The Hall–Kier alpha value is -2.66. The number of hydrogen-bond donors (Lipinski definition) is 2. The van der Waals surface area contributed by atoms with Crippen LogP contribution in [0.5, 0.6) is 5.75 Å². The molecule has 30 heavy (non-hydrogen) atoms. The van der Waals surface area contributed by atoms with Crippen molar-refractivity contribution in [1.29, 1.82) is 0 Å². The van der Waals surface area contributed by atoms with Crippen molar-refractivity contribution < 1.29 is 32.3 Å². The number of nitrogens with zero attached hydrogens (tertiary/aromatic N) is 1. The largest absolute Gasteiger partial charge is 0.495 e. The van der Waals surface area contributed by atoms with Gasteiger partial charge in [-0.3, -0.25) is 10.1 Å². The second-order valence-corrected chi connectivity index (χ2v) is 9.17. The first-order chi connectivity index (χ1) is 14.2. The van der Waals surface area contributed by atoms with Crippen LogP contribution in [0.3, 0.4) is 0 Å². The summed E-state index contributed by atoms with van der Waals surface area (Å²) >= 11 is 0. The van der Waals surface area contributed by atoms with Crippen LogP contribution in [0, 0.1) is 0 Å². The van der Waals surface area contributed by atoms with Gasteiger partial charge in [-0.1, -0.05) is 0 Å². The van der Waals surface area contributed by atoms with Gasteiger partial charge in [0, 0.05) is 19.1 Å². The summed E-state index contributed by atoms with van der Waals surface area (Å²) < 4.78 is 37.4. The van der Waals surface area contributed by atoms with Crippen molar-refractivity contribution in [2.75, 3.05) is 20.2 Å². The molecule has 0 spiro atoms. The Morgan fingerprint density at radius 2 is 1.83 bits per heavy atom. The lowest BCUT2D eigenvalue weighted by Crippen LogP contribution is -2.45. The van der Waals surface area contributed by atoms with Gasteiger partial charge >= 0.3 is 12.0 Å². The fourth-order valence-electron chi connectivity index (χ4n) is 3.02. The number of rotatable bonds is 7. The summed E-state index contributed by atoms with van der Waals surface area (Å²) in [5, 5.41) is 4.70. The van der Waals surface area contributed by atoms with Gasteiger partial charge in [-0.2, -0.15) is 4.31 Å². The van der Waals surface area contributed by atoms with Gasteiger partial charge in [0.05, 0.1) is 12.7 Å². The lowest BCUT2D eigenvalue weighted by atomic mass is 10.2. The molecule has 1 aliphatic heterocycles. The molecule has 0 radical (unpaired) electrons. The lowest BCUT2D eigenvalue weighted by Gasteiger charge is -2.18. The van der Waals surface area contributed by atoms with Crippen molar-refractivity contribution in [3.05, 3.63) is 23.8 Å². The van der Waals surface area contributed by atoms with Crippen LogP contribution in [0.15, 0.2) is 23.1 Å². The molecule has 1 saturated heterocycles. The molecule has 2 aliphatic rings. The zero-order valence-corrected chi connectivity index (χ0v) is 17.7. The van der Waals surface area contributed by atoms with E-state index in [-0.39, 0.29) is 22.3 Å². The number of nitrogens with one attached hydrogen (secondary N) is 2. The molecule has 1 unspecified atom stereocenters. The summed E-state index contributed by atoms with van der Waals surface area (Å²) in [6.07, 6.45) is 2.02. The molecule has 1 heterocycles. The minimum atomic E-state index is -3.84. The number of hydrogen-bond acceptors (Lipinski definition) is 7. The van der Waals surface area contributed by atoms with E-state index < -0.39 is 34.0 Å². The Kier molecular flexibility index (Phi) is 6.61. The predicted octanol–water partition coefficient (Wildman–Crippen LogP) is 1.01. The second kappa shape index (κ2) is 9.00. The van der Waals surface area contributed by atoms with Crippen molar-refractivity contribution in [3.8, 4) is 5.75 Å². The monoisotopic (exact) mass is 439 g/mol. The number of benzene rings is 1. The number of urea groups is 1. The van der Waals surface area contributed by atoms with Crippen molar-refractivity contribution in [1.82, 2.24) is 14.9 Å². The maximum absolute atomic E-state index is 12.9. The summed E-state index contributed by atoms with van der Waals surface area (Å²) in [6, 6.07) is 3.33. The Balaban J connectivity index is 1.70. The Bertz CT molecular complexity index is 937. The SMILES string of the molecule is COc1ccc(C(=O)OC(C)C(=O)NC(=O)NC2CC2)cc1S(=O)(=O)N1CCCC1. The number of amides is 3. The smallest absolute Gasteiger partial charge is 0.338 e. The van der Waals surface area contributed by atoms with Crippen LogP contribution in [0.25, 0.3) is 0 Å². The first kappa shape index (κ1) is 22.0. The Morgan fingerprint density at radius 1 is 1.17 bits per heavy atom. The van der Waals surface area contributed by atoms with Crippen LogP contribution in [0.2, 0.25) is 0 Å². The van der Waals surface area contributed by atoms with Crippen LogP contribution in [0.4, 0.5) is 4.79 Å². The zero-order chi connectivity index (χ0) is 21.9. The predicted molar refractivity (Wildman–Crippen MR) is 106 cm³/mol. The standard InChI is InChI=1S/C19H25N3O7S/c1-12(17(23)21-19(25)20-14-6-7-14)29-18(24)13-5-8-15(28-2)16(11-13)30(26,27)22-9-3-4-10-22/h5,8,11-12,14H,3-4,6-7,9-10H2,1-2H3,(H2,20,21,23,25). The van der Waals surface area contributed by atoms with E-state index >= 15 is 0 Å². The van der Waals surface area contributed by atoms with Gasteiger partial charge in [0.25, 0.3) is 5.91 Å². The van der Waals surface area contributed by atoms with Crippen molar-refractivity contribution in [2.24, 2.45) is 0 Å². The molecule has 1 aliphatic carbocycles. The van der Waals surface area contributed by atoms with E-state index in [0.717, 1.165) is 25.7 Å². The van der Waals surface area contributed by atoms with Crippen molar-refractivity contribution in [3.63, 3.8) is 0 Å². The third-order valence-corrected chi connectivity index (χ3v) is 6.80. The molecule has 0 bridgehead atoms. The fourth-order valence-corrected chi connectivity index (χ4v) is 4.72. The molecule has 10 nitrogen and oxygen atoms in total. The average Bonchev–Trinajstić information content (AvgIpc) is 3.33. The van der Waals surface area contributed by atoms with Gasteiger partial charge in [-0.05, 0) is 50.8 Å². The molecule has 1 aromatic carbocycles. The first-order valence-corrected chi connectivity index (χ1v) is 11.2. The van der Waals surface area contributed by atoms with Crippen LogP contribution < -0.4 is 15.4 Å². The maximum Gasteiger partial charge on any atom is 0.338 e. The third-order valence-electron chi connectivity index (χ3n) is 4.88. The van der Waals surface area contributed by atoms with Gasteiger partial charge in [0.2, 0.25) is 10.0 Å². The topological polar surface area (TPSA) is 131 Å². The summed E-state index contributed by atoms with van der Waals surface area (Å²) in [6.45, 7) is 2.13. The van der Waals surface area contributed by atoms with E-state index in [1.54, 1.807) is 0 Å². The highest BCUT2D eigenvalue weighted by molar-refractivity contribution is 7.89. The molecule has 2 fully saturated rings. The highest BCUT2D eigenvalue weighted by Crippen LogP contribution is 2.30. The molecule has 164 valence electrons. The summed E-state index contributed by atoms with van der Waals surface area (Å²) in [5.41, 5.74) is -0.0457. The van der Waals surface area contributed by atoms with Crippen molar-refractivity contribution >= 4 is 27.9 Å². The van der Waals surface area contributed by atoms with E-state index in [9.17, 15) is 22.8 Å². The zero-order valence-electron chi connectivity index (χ0n) is 16.8. The molecular weight excluding hydrogens is 414 g/mol. The van der Waals surface area contributed by atoms with Crippen LogP contribution in [0.1, 0.15) is 43.0 Å². The molecular formula is C19H25N3O7S. The minimum absolute atomic E-state index is 0.0457. The molecule has 1 saturated carbocycles. The van der Waals surface area contributed by atoms with Gasteiger partial charge < -0.3 is 14.8 Å². The molecule has 2 N–H and O–H groups in total. The molecule has 1 atom stereocenters. The summed E-state index contributed by atoms with van der Waals surface area (Å²) in [4.78, 5) is 36.0. The van der Waals surface area contributed by atoms with Crippen LogP contribution in [-0.4, -0.2) is 63.0 Å². The molecule has 0 aromatic heterocycles. The van der Waals surface area contributed by atoms with E-state index in [0.29, 0.717) is 13.1 Å². The quantitative estimate of drug-likeness (QED) is 0.606. The van der Waals surface area contributed by atoms with Crippen LogP contribution in [-0.2, 0) is 19.6 Å². The van der Waals surface area contributed by atoms with E-state index in [4.69, 9.17) is 9.47 Å². The highest BCUT2D eigenvalue weighted by Gasteiger charge is 2.31. The summed E-state index contributed by atoms with van der Waals surface area (Å²) in [5.74, 6) is -1.55.